The summed E-state index contributed by atoms with van der Waals surface area (Å²) in [6.45, 7) is 3.33. The zero-order valence-electron chi connectivity index (χ0n) is 11.7. The Morgan fingerprint density at radius 2 is 2.35 bits per heavy atom. The molecule has 2 unspecified atom stereocenters. The molecule has 3 rings (SSSR count). The van der Waals surface area contributed by atoms with Crippen molar-refractivity contribution >= 4 is 16.8 Å². The van der Waals surface area contributed by atoms with Crippen molar-refractivity contribution in [1.29, 1.82) is 0 Å². The van der Waals surface area contributed by atoms with Gasteiger partial charge in [0.15, 0.2) is 5.58 Å². The third kappa shape index (κ3) is 3.04. The lowest BCUT2D eigenvalue weighted by Crippen LogP contribution is -2.37. The summed E-state index contributed by atoms with van der Waals surface area (Å²) in [4.78, 5) is 13.8. The van der Waals surface area contributed by atoms with Gasteiger partial charge in [-0.2, -0.15) is 0 Å². The fourth-order valence-corrected chi connectivity index (χ4v) is 2.94. The molecule has 1 aromatic carbocycles. The molecule has 5 heteroatoms. The highest BCUT2D eigenvalue weighted by Crippen LogP contribution is 2.19. The van der Waals surface area contributed by atoms with E-state index >= 15 is 0 Å². The Labute approximate surface area is 117 Å². The van der Waals surface area contributed by atoms with Crippen molar-refractivity contribution in [2.45, 2.75) is 44.7 Å². The average Bonchev–Trinajstić information content (AvgIpc) is 2.79. The monoisotopic (exact) mass is 275 g/mol. The van der Waals surface area contributed by atoms with Gasteiger partial charge in [0.1, 0.15) is 0 Å². The normalized spacial score (nSPS) is 20.9. The highest BCUT2D eigenvalue weighted by Gasteiger charge is 2.15. The number of aromatic nitrogens is 1. The summed E-state index contributed by atoms with van der Waals surface area (Å²) >= 11 is 0. The molecule has 2 atom stereocenters. The second kappa shape index (κ2) is 5.71. The van der Waals surface area contributed by atoms with Crippen LogP contribution in [0.1, 0.15) is 32.6 Å². The summed E-state index contributed by atoms with van der Waals surface area (Å²) < 4.78 is 5.00. The van der Waals surface area contributed by atoms with Crippen LogP contribution in [0.4, 0.5) is 5.69 Å². The van der Waals surface area contributed by atoms with Crippen molar-refractivity contribution in [3.8, 4) is 0 Å². The molecule has 0 bridgehead atoms. The maximum Gasteiger partial charge on any atom is 0.417 e. The Morgan fingerprint density at radius 1 is 1.45 bits per heavy atom. The number of hydrogen-bond acceptors (Lipinski definition) is 4. The number of H-pyrrole nitrogens is 1. The predicted octanol–water partition coefficient (Wildman–Crippen LogP) is 2.45. The maximum absolute atomic E-state index is 11.1. The first kappa shape index (κ1) is 13.2. The quantitative estimate of drug-likeness (QED) is 0.801. The summed E-state index contributed by atoms with van der Waals surface area (Å²) in [5.74, 6) is -0.406. The topological polar surface area (TPSA) is 70.1 Å². The van der Waals surface area contributed by atoms with Crippen LogP contribution < -0.4 is 16.4 Å². The van der Waals surface area contributed by atoms with Crippen molar-refractivity contribution in [1.82, 2.24) is 10.3 Å². The van der Waals surface area contributed by atoms with Crippen LogP contribution in [0.2, 0.25) is 0 Å². The molecule has 1 aliphatic heterocycles. The smallest absolute Gasteiger partial charge is 0.408 e. The maximum atomic E-state index is 11.1. The van der Waals surface area contributed by atoms with Gasteiger partial charge in [-0.1, -0.05) is 6.42 Å². The Kier molecular flexibility index (Phi) is 3.78. The molecule has 1 fully saturated rings. The fourth-order valence-electron chi connectivity index (χ4n) is 2.94. The Bertz CT molecular complexity index is 625. The molecule has 2 aromatic rings. The largest absolute Gasteiger partial charge is 0.417 e. The molecule has 3 N–H and O–H groups in total. The lowest BCUT2D eigenvalue weighted by Gasteiger charge is -2.27. The van der Waals surface area contributed by atoms with Gasteiger partial charge in [0, 0.05) is 17.8 Å². The van der Waals surface area contributed by atoms with E-state index in [2.05, 4.69) is 22.5 Å². The molecule has 0 spiro atoms. The van der Waals surface area contributed by atoms with Crippen LogP contribution in [-0.2, 0) is 0 Å². The van der Waals surface area contributed by atoms with Gasteiger partial charge < -0.3 is 15.1 Å². The van der Waals surface area contributed by atoms with Crippen molar-refractivity contribution in [2.75, 3.05) is 11.9 Å². The average molecular weight is 275 g/mol. The van der Waals surface area contributed by atoms with E-state index in [4.69, 9.17) is 4.42 Å². The van der Waals surface area contributed by atoms with E-state index < -0.39 is 5.76 Å². The van der Waals surface area contributed by atoms with Crippen molar-refractivity contribution < 1.29 is 4.42 Å². The van der Waals surface area contributed by atoms with Gasteiger partial charge in [0.2, 0.25) is 0 Å². The molecule has 0 saturated carbocycles. The SMILES string of the molecule is CC(CC1CCCCN1)Nc1ccc2oc(=O)[nH]c2c1. The second-order valence-electron chi connectivity index (χ2n) is 5.65. The predicted molar refractivity (Wildman–Crippen MR) is 80.2 cm³/mol. The first-order valence-corrected chi connectivity index (χ1v) is 7.33. The molecule has 0 aliphatic carbocycles. The number of oxazole rings is 1. The molecule has 2 heterocycles. The molecule has 20 heavy (non-hydrogen) atoms. The number of fused-ring (bicyclic) bond motifs is 1. The van der Waals surface area contributed by atoms with E-state index in [1.165, 1.54) is 19.3 Å². The summed E-state index contributed by atoms with van der Waals surface area (Å²) in [5.41, 5.74) is 2.35. The molecular weight excluding hydrogens is 254 g/mol. The highest BCUT2D eigenvalue weighted by molar-refractivity contribution is 5.76. The van der Waals surface area contributed by atoms with E-state index in [9.17, 15) is 4.79 Å². The molecule has 5 nitrogen and oxygen atoms in total. The Hall–Kier alpha value is -1.75. The van der Waals surface area contributed by atoms with Crippen LogP contribution in [0, 0.1) is 0 Å². The number of benzene rings is 1. The molecule has 1 aliphatic rings. The minimum Gasteiger partial charge on any atom is -0.408 e. The van der Waals surface area contributed by atoms with Crippen molar-refractivity contribution in [3.05, 3.63) is 28.7 Å². The number of rotatable bonds is 4. The van der Waals surface area contributed by atoms with Gasteiger partial charge in [0.25, 0.3) is 0 Å². The highest BCUT2D eigenvalue weighted by atomic mass is 16.4. The van der Waals surface area contributed by atoms with Gasteiger partial charge in [0.05, 0.1) is 5.52 Å². The van der Waals surface area contributed by atoms with Crippen LogP contribution in [-0.4, -0.2) is 23.6 Å². The third-order valence-corrected chi connectivity index (χ3v) is 3.88. The molecule has 1 aromatic heterocycles. The number of hydrogen-bond donors (Lipinski definition) is 3. The standard InChI is InChI=1S/C15H21N3O2/c1-10(8-11-4-2-3-7-16-11)17-12-5-6-14-13(9-12)18-15(19)20-14/h5-6,9-11,16-17H,2-4,7-8H2,1H3,(H,18,19). The molecule has 108 valence electrons. The minimum absolute atomic E-state index is 0.390. The van der Waals surface area contributed by atoms with Gasteiger partial charge in [-0.05, 0) is 50.9 Å². The van der Waals surface area contributed by atoms with E-state index in [1.807, 2.05) is 18.2 Å². The summed E-state index contributed by atoms with van der Waals surface area (Å²) in [6, 6.07) is 6.70. The van der Waals surface area contributed by atoms with E-state index in [0.29, 0.717) is 17.7 Å². The first-order chi connectivity index (χ1) is 9.70. The Morgan fingerprint density at radius 3 is 3.15 bits per heavy atom. The first-order valence-electron chi connectivity index (χ1n) is 7.33. The third-order valence-electron chi connectivity index (χ3n) is 3.88. The van der Waals surface area contributed by atoms with Crippen LogP contribution in [0.5, 0.6) is 0 Å². The molecule has 1 saturated heterocycles. The summed E-state index contributed by atoms with van der Waals surface area (Å²) in [6.07, 6.45) is 5.00. The van der Waals surface area contributed by atoms with Gasteiger partial charge >= 0.3 is 5.76 Å². The summed E-state index contributed by atoms with van der Waals surface area (Å²) in [5, 5.41) is 7.05. The van der Waals surface area contributed by atoms with Crippen LogP contribution in [0.25, 0.3) is 11.1 Å². The number of anilines is 1. The van der Waals surface area contributed by atoms with Crippen molar-refractivity contribution in [2.24, 2.45) is 0 Å². The number of nitrogens with one attached hydrogen (secondary N) is 3. The van der Waals surface area contributed by atoms with Gasteiger partial charge in [-0.3, -0.25) is 4.98 Å². The Balaban J connectivity index is 1.64. The summed E-state index contributed by atoms with van der Waals surface area (Å²) in [7, 11) is 0. The van der Waals surface area contributed by atoms with Gasteiger partial charge in [-0.25, -0.2) is 4.79 Å². The van der Waals surface area contributed by atoms with E-state index in [-0.39, 0.29) is 0 Å². The molecule has 0 radical (unpaired) electrons. The molecular formula is C15H21N3O2. The van der Waals surface area contributed by atoms with Crippen LogP contribution in [0.3, 0.4) is 0 Å². The number of aromatic amines is 1. The van der Waals surface area contributed by atoms with E-state index in [1.54, 1.807) is 0 Å². The minimum atomic E-state index is -0.406. The lowest BCUT2D eigenvalue weighted by molar-refractivity contribution is 0.371. The van der Waals surface area contributed by atoms with E-state index in [0.717, 1.165) is 24.2 Å². The second-order valence-corrected chi connectivity index (χ2v) is 5.65. The van der Waals surface area contributed by atoms with Crippen LogP contribution in [0.15, 0.2) is 27.4 Å². The zero-order chi connectivity index (χ0) is 13.9. The zero-order valence-corrected chi connectivity index (χ0v) is 11.7. The van der Waals surface area contributed by atoms with Crippen molar-refractivity contribution in [3.63, 3.8) is 0 Å². The lowest BCUT2D eigenvalue weighted by atomic mass is 9.98. The fraction of sp³-hybridized carbons (Fsp3) is 0.533. The van der Waals surface area contributed by atoms with Crippen LogP contribution >= 0.6 is 0 Å². The number of piperidine rings is 1. The molecule has 0 amide bonds. The van der Waals surface area contributed by atoms with Gasteiger partial charge in [-0.15, -0.1) is 0 Å².